The molecule has 150 valence electrons. The number of pyridine rings is 1. The van der Waals surface area contributed by atoms with Gasteiger partial charge in [0.15, 0.2) is 5.96 Å². The van der Waals surface area contributed by atoms with Gasteiger partial charge in [-0.15, -0.1) is 24.0 Å². The predicted molar refractivity (Wildman–Crippen MR) is 124 cm³/mol. The van der Waals surface area contributed by atoms with Crippen LogP contribution in [0.15, 0.2) is 34.0 Å². The Balaban J connectivity index is 0.00000261. The average molecular weight is 550 g/mol. The molecule has 2 N–H and O–H groups in total. The summed E-state index contributed by atoms with van der Waals surface area (Å²) in [4.78, 5) is 8.87. The second-order valence-corrected chi connectivity index (χ2v) is 7.60. The second-order valence-electron chi connectivity index (χ2n) is 6.68. The van der Waals surface area contributed by atoms with Gasteiger partial charge < -0.3 is 19.8 Å². The summed E-state index contributed by atoms with van der Waals surface area (Å²) >= 11 is 3.48. The van der Waals surface area contributed by atoms with Crippen LogP contribution in [-0.2, 0) is 11.3 Å². The van der Waals surface area contributed by atoms with E-state index >= 15 is 0 Å². The molecular formula is C19H29BrIN5O. The van der Waals surface area contributed by atoms with Gasteiger partial charge in [-0.3, -0.25) is 4.99 Å². The van der Waals surface area contributed by atoms with E-state index in [0.29, 0.717) is 12.6 Å². The van der Waals surface area contributed by atoms with Gasteiger partial charge in [-0.25, -0.2) is 4.98 Å². The Morgan fingerprint density at radius 2 is 2.07 bits per heavy atom. The molecule has 0 unspecified atom stereocenters. The van der Waals surface area contributed by atoms with E-state index < -0.39 is 0 Å². The van der Waals surface area contributed by atoms with Crippen molar-refractivity contribution >= 4 is 51.5 Å². The Labute approximate surface area is 186 Å². The zero-order valence-electron chi connectivity index (χ0n) is 15.8. The van der Waals surface area contributed by atoms with Crippen molar-refractivity contribution in [3.8, 4) is 0 Å². The van der Waals surface area contributed by atoms with Crippen LogP contribution in [0.5, 0.6) is 0 Å². The number of ether oxygens (including phenoxy) is 1. The molecule has 0 saturated heterocycles. The molecule has 0 spiro atoms. The summed E-state index contributed by atoms with van der Waals surface area (Å²) in [6.07, 6.45) is 12.0. The summed E-state index contributed by atoms with van der Waals surface area (Å²) in [7, 11) is 1.79. The van der Waals surface area contributed by atoms with Crippen molar-refractivity contribution < 1.29 is 4.74 Å². The summed E-state index contributed by atoms with van der Waals surface area (Å²) in [6, 6.07) is 3.99. The fourth-order valence-electron chi connectivity index (χ4n) is 3.26. The smallest absolute Gasteiger partial charge is 0.191 e. The van der Waals surface area contributed by atoms with Crippen LogP contribution < -0.4 is 10.6 Å². The van der Waals surface area contributed by atoms with E-state index in [0.717, 1.165) is 41.3 Å². The monoisotopic (exact) mass is 549 g/mol. The fraction of sp³-hybridized carbons (Fsp3) is 0.579. The topological polar surface area (TPSA) is 63.0 Å². The first-order valence-electron chi connectivity index (χ1n) is 9.44. The Hall–Kier alpha value is -0.870. The van der Waals surface area contributed by atoms with Gasteiger partial charge in [0.1, 0.15) is 5.65 Å². The minimum atomic E-state index is 0. The molecule has 1 aliphatic rings. The minimum Gasteiger partial charge on any atom is -0.378 e. The van der Waals surface area contributed by atoms with Crippen LogP contribution in [0, 0.1) is 0 Å². The van der Waals surface area contributed by atoms with Crippen LogP contribution in [-0.4, -0.2) is 41.6 Å². The summed E-state index contributed by atoms with van der Waals surface area (Å²) in [5.74, 6) is 0.793. The minimum absolute atomic E-state index is 0. The number of halogens is 2. The number of imidazole rings is 1. The number of fused-ring (bicyclic) bond motifs is 1. The highest BCUT2D eigenvalue weighted by molar-refractivity contribution is 14.0. The van der Waals surface area contributed by atoms with Crippen LogP contribution in [0.25, 0.3) is 5.65 Å². The van der Waals surface area contributed by atoms with Crippen molar-refractivity contribution in [3.63, 3.8) is 0 Å². The van der Waals surface area contributed by atoms with E-state index in [1.165, 1.54) is 32.1 Å². The standard InChI is InChI=1S/C19H28BrN5O.HI/c1-21-19(22-10-5-11-26-17-6-3-2-4-7-17)23-12-16-14-25-13-15(20)8-9-18(25)24-16;/h8-9,13-14,17H,2-7,10-12H2,1H3,(H2,21,22,23);1H. The number of hydrogen-bond donors (Lipinski definition) is 2. The van der Waals surface area contributed by atoms with Gasteiger partial charge in [-0.1, -0.05) is 19.3 Å². The lowest BCUT2D eigenvalue weighted by Gasteiger charge is -2.22. The summed E-state index contributed by atoms with van der Waals surface area (Å²) < 4.78 is 9.00. The van der Waals surface area contributed by atoms with E-state index in [9.17, 15) is 0 Å². The van der Waals surface area contributed by atoms with Crippen molar-refractivity contribution in [2.75, 3.05) is 20.2 Å². The van der Waals surface area contributed by atoms with Gasteiger partial charge in [-0.05, 0) is 47.3 Å². The maximum atomic E-state index is 5.95. The van der Waals surface area contributed by atoms with Gasteiger partial charge in [-0.2, -0.15) is 0 Å². The molecule has 0 radical (unpaired) electrons. The first-order valence-corrected chi connectivity index (χ1v) is 10.2. The van der Waals surface area contributed by atoms with E-state index in [-0.39, 0.29) is 24.0 Å². The van der Waals surface area contributed by atoms with E-state index in [2.05, 4.69) is 36.5 Å². The van der Waals surface area contributed by atoms with Crippen molar-refractivity contribution in [1.29, 1.82) is 0 Å². The molecule has 2 heterocycles. The number of nitrogens with one attached hydrogen (secondary N) is 2. The van der Waals surface area contributed by atoms with Gasteiger partial charge in [0, 0.05) is 37.1 Å². The zero-order chi connectivity index (χ0) is 18.2. The Bertz CT molecular complexity index is 730. The van der Waals surface area contributed by atoms with Crippen LogP contribution >= 0.6 is 39.9 Å². The predicted octanol–water partition coefficient (Wildman–Crippen LogP) is 4.12. The molecule has 1 fully saturated rings. The first-order chi connectivity index (χ1) is 12.7. The average Bonchev–Trinajstić information content (AvgIpc) is 3.06. The zero-order valence-corrected chi connectivity index (χ0v) is 19.7. The molecule has 2 aromatic rings. The molecule has 1 saturated carbocycles. The molecule has 0 bridgehead atoms. The highest BCUT2D eigenvalue weighted by Gasteiger charge is 2.13. The maximum absolute atomic E-state index is 5.95. The maximum Gasteiger partial charge on any atom is 0.191 e. The molecule has 0 amide bonds. The lowest BCUT2D eigenvalue weighted by Crippen LogP contribution is -2.37. The van der Waals surface area contributed by atoms with Crippen molar-refractivity contribution in [2.24, 2.45) is 4.99 Å². The van der Waals surface area contributed by atoms with E-state index in [1.54, 1.807) is 7.05 Å². The summed E-state index contributed by atoms with van der Waals surface area (Å²) in [5.41, 5.74) is 1.92. The Kier molecular flexibility index (Phi) is 9.84. The third kappa shape index (κ3) is 7.23. The lowest BCUT2D eigenvalue weighted by molar-refractivity contribution is 0.0277. The quantitative estimate of drug-likeness (QED) is 0.236. The fourth-order valence-corrected chi connectivity index (χ4v) is 3.61. The third-order valence-electron chi connectivity index (χ3n) is 4.64. The largest absolute Gasteiger partial charge is 0.378 e. The summed E-state index contributed by atoms with van der Waals surface area (Å²) in [5, 5.41) is 6.65. The first kappa shape index (κ1) is 22.4. The molecule has 0 aromatic carbocycles. The number of guanidine groups is 1. The molecule has 3 rings (SSSR count). The Morgan fingerprint density at radius 1 is 1.26 bits per heavy atom. The van der Waals surface area contributed by atoms with Crippen molar-refractivity contribution in [1.82, 2.24) is 20.0 Å². The lowest BCUT2D eigenvalue weighted by atomic mass is 9.98. The molecule has 0 aliphatic heterocycles. The number of nitrogens with zero attached hydrogens (tertiary/aromatic N) is 3. The van der Waals surface area contributed by atoms with Gasteiger partial charge >= 0.3 is 0 Å². The summed E-state index contributed by atoms with van der Waals surface area (Å²) in [6.45, 7) is 2.30. The number of rotatable bonds is 7. The molecular weight excluding hydrogens is 521 g/mol. The van der Waals surface area contributed by atoms with E-state index in [1.807, 2.05) is 28.9 Å². The van der Waals surface area contributed by atoms with Crippen molar-refractivity contribution in [3.05, 3.63) is 34.7 Å². The molecule has 27 heavy (non-hydrogen) atoms. The van der Waals surface area contributed by atoms with Crippen molar-refractivity contribution in [2.45, 2.75) is 51.2 Å². The SMILES string of the molecule is CN=C(NCCCOC1CCCCC1)NCc1cn2cc(Br)ccc2n1.I. The van der Waals surface area contributed by atoms with Gasteiger partial charge in [0.05, 0.1) is 18.3 Å². The highest BCUT2D eigenvalue weighted by atomic mass is 127. The Morgan fingerprint density at radius 3 is 2.85 bits per heavy atom. The number of hydrogen-bond acceptors (Lipinski definition) is 3. The normalized spacial score (nSPS) is 15.6. The number of aromatic nitrogens is 2. The molecule has 0 atom stereocenters. The molecule has 6 nitrogen and oxygen atoms in total. The molecule has 2 aromatic heterocycles. The highest BCUT2D eigenvalue weighted by Crippen LogP contribution is 2.20. The van der Waals surface area contributed by atoms with Gasteiger partial charge in [0.2, 0.25) is 0 Å². The van der Waals surface area contributed by atoms with Crippen LogP contribution in [0.4, 0.5) is 0 Å². The number of aliphatic imine (C=N–C) groups is 1. The third-order valence-corrected chi connectivity index (χ3v) is 5.11. The van der Waals surface area contributed by atoms with Crippen LogP contribution in [0.3, 0.4) is 0 Å². The van der Waals surface area contributed by atoms with Gasteiger partial charge in [0.25, 0.3) is 0 Å². The molecule has 8 heteroatoms. The molecule has 1 aliphatic carbocycles. The van der Waals surface area contributed by atoms with Crippen LogP contribution in [0.2, 0.25) is 0 Å². The second kappa shape index (κ2) is 11.9. The van der Waals surface area contributed by atoms with E-state index in [4.69, 9.17) is 4.74 Å². The van der Waals surface area contributed by atoms with Crippen LogP contribution in [0.1, 0.15) is 44.2 Å².